The summed E-state index contributed by atoms with van der Waals surface area (Å²) in [7, 11) is 0. The molecule has 0 fully saturated rings. The second-order valence-electron chi connectivity index (χ2n) is 13.2. The monoisotopic (exact) mass is 797 g/mol. The van der Waals surface area contributed by atoms with Crippen molar-refractivity contribution in [1.82, 2.24) is 4.98 Å². The zero-order valence-corrected chi connectivity index (χ0v) is 29.0. The van der Waals surface area contributed by atoms with Crippen molar-refractivity contribution in [3.63, 3.8) is 0 Å². The van der Waals surface area contributed by atoms with Gasteiger partial charge in [-0.15, -0.1) is 35.3 Å². The molecule has 0 unspecified atom stereocenters. The molecule has 0 aliphatic carbocycles. The van der Waals surface area contributed by atoms with Gasteiger partial charge < -0.3 is 5.11 Å². The predicted octanol–water partition coefficient (Wildman–Crippen LogP) is 11.0. The van der Waals surface area contributed by atoms with Gasteiger partial charge in [0.25, 0.3) is 0 Å². The van der Waals surface area contributed by atoms with Crippen molar-refractivity contribution < 1.29 is 38.8 Å². The second kappa shape index (κ2) is 11.9. The summed E-state index contributed by atoms with van der Waals surface area (Å²) < 4.78 is 27.9. The first kappa shape index (κ1) is 32.7. The molecule has 1 aliphatic heterocycles. The van der Waals surface area contributed by atoms with Gasteiger partial charge in [-0.1, -0.05) is 82.8 Å². The van der Waals surface area contributed by atoms with Crippen LogP contribution < -0.4 is 0 Å². The minimum Gasteiger partial charge on any atom is -0.512 e. The van der Waals surface area contributed by atoms with Crippen LogP contribution in [0.25, 0.3) is 54.3 Å². The summed E-state index contributed by atoms with van der Waals surface area (Å²) in [6, 6.07) is 24.4. The van der Waals surface area contributed by atoms with Crippen molar-refractivity contribution >= 4 is 60.6 Å². The molecule has 0 atom stereocenters. The van der Waals surface area contributed by atoms with Crippen LogP contribution in [0.4, 0.5) is 8.78 Å². The van der Waals surface area contributed by atoms with Gasteiger partial charge in [0.2, 0.25) is 0 Å². The van der Waals surface area contributed by atoms with E-state index in [4.69, 9.17) is 4.98 Å². The third kappa shape index (κ3) is 6.14. The van der Waals surface area contributed by atoms with Gasteiger partial charge in [0, 0.05) is 53.8 Å². The van der Waals surface area contributed by atoms with Gasteiger partial charge in [0.15, 0.2) is 17.4 Å². The van der Waals surface area contributed by atoms with Crippen LogP contribution in [0.15, 0.2) is 94.6 Å². The molecule has 1 aromatic heterocycles. The maximum atomic E-state index is 14.1. The number of pyridine rings is 1. The molecule has 0 amide bonds. The second-order valence-corrected chi connectivity index (χ2v) is 14.3. The van der Waals surface area contributed by atoms with E-state index in [1.54, 1.807) is 11.8 Å². The largest absolute Gasteiger partial charge is 0.512 e. The summed E-state index contributed by atoms with van der Waals surface area (Å²) in [5.74, 6) is -1.55. The van der Waals surface area contributed by atoms with E-state index < -0.39 is 17.0 Å². The summed E-state index contributed by atoms with van der Waals surface area (Å²) in [4.78, 5) is 18.4. The molecule has 0 spiro atoms. The Balaban J connectivity index is 0.000000246. The first-order valence-corrected chi connectivity index (χ1v) is 15.3. The summed E-state index contributed by atoms with van der Waals surface area (Å²) in [5.41, 5.74) is 1.16. The van der Waals surface area contributed by atoms with Crippen molar-refractivity contribution in [3.05, 3.63) is 102 Å². The fourth-order valence-electron chi connectivity index (χ4n) is 5.22. The Morgan fingerprint density at radius 1 is 0.800 bits per heavy atom. The van der Waals surface area contributed by atoms with Gasteiger partial charge in [-0.2, -0.15) is 0 Å². The SMILES string of the molecule is CC(C)(C)C(=O)/C=C(\O)C(C)(C)C.Fc1cc2ccc3c4ccnc5c4c(cc3c2cc1F)Sc1cc2ccccc2[c-]c1-5.[Ir]. The maximum absolute atomic E-state index is 14.1. The van der Waals surface area contributed by atoms with Gasteiger partial charge in [-0.25, -0.2) is 8.78 Å². The van der Waals surface area contributed by atoms with E-state index in [0.717, 1.165) is 53.4 Å². The Morgan fingerprint density at radius 3 is 2.22 bits per heavy atom. The molecule has 6 aromatic rings. The maximum Gasteiger partial charge on any atom is 0.164 e. The van der Waals surface area contributed by atoms with Gasteiger partial charge in [-0.3, -0.25) is 9.78 Å². The number of aliphatic hydroxyl groups excluding tert-OH is 1. The molecular formula is C38H32F2IrNO2S-. The molecule has 0 bridgehead atoms. The Kier molecular flexibility index (Phi) is 8.69. The standard InChI is InChI=1S/C27H12F2NS.C11H20O2.Ir/c28-22-10-16-5-6-17-18-7-8-30-27-21-9-14-3-1-2-4-15(14)11-24(21)31-25(26(18)27)13-20(17)19(16)12-23(22)29;1-10(2,3)8(12)7-9(13)11(4,5)6;/h1-8,10-13H;7,12H,1-6H3;/q-1;;/b;8-7-;. The number of carbonyl (C=O) groups is 1. The summed E-state index contributed by atoms with van der Waals surface area (Å²) in [5, 5.41) is 17.2. The van der Waals surface area contributed by atoms with Crippen LogP contribution in [0.2, 0.25) is 0 Å². The Morgan fingerprint density at radius 2 is 1.51 bits per heavy atom. The number of benzene rings is 5. The number of carbonyl (C=O) groups excluding carboxylic acids is 1. The van der Waals surface area contributed by atoms with E-state index in [9.17, 15) is 18.7 Å². The molecular weight excluding hydrogens is 765 g/mol. The van der Waals surface area contributed by atoms with Crippen molar-refractivity contribution in [3.8, 4) is 11.3 Å². The molecule has 231 valence electrons. The molecule has 7 rings (SSSR count). The molecule has 1 N–H and O–H groups in total. The fraction of sp³-hybridized carbons (Fsp3) is 0.211. The quantitative estimate of drug-likeness (QED) is 0.0778. The Labute approximate surface area is 279 Å². The van der Waals surface area contributed by atoms with Crippen molar-refractivity contribution in [2.75, 3.05) is 0 Å². The van der Waals surface area contributed by atoms with E-state index in [1.807, 2.05) is 78.1 Å². The number of hydrogen-bond acceptors (Lipinski definition) is 4. The van der Waals surface area contributed by atoms with Crippen LogP contribution in [0.5, 0.6) is 0 Å². The van der Waals surface area contributed by atoms with Gasteiger partial charge in [0.1, 0.15) is 5.76 Å². The fourth-order valence-corrected chi connectivity index (χ4v) is 6.38. The van der Waals surface area contributed by atoms with Crippen LogP contribution in [-0.2, 0) is 24.9 Å². The molecule has 1 radical (unpaired) electrons. The van der Waals surface area contributed by atoms with E-state index in [1.165, 1.54) is 18.2 Å². The molecule has 3 nitrogen and oxygen atoms in total. The first-order valence-electron chi connectivity index (χ1n) is 14.4. The van der Waals surface area contributed by atoms with Crippen molar-refractivity contribution in [2.45, 2.75) is 51.3 Å². The number of nitrogens with zero attached hydrogens (tertiary/aromatic N) is 1. The van der Waals surface area contributed by atoms with Crippen LogP contribution in [0.1, 0.15) is 41.5 Å². The summed E-state index contributed by atoms with van der Waals surface area (Å²) >= 11 is 1.68. The molecule has 0 saturated heterocycles. The normalized spacial score (nSPS) is 12.9. The van der Waals surface area contributed by atoms with Crippen LogP contribution in [-0.4, -0.2) is 15.9 Å². The zero-order valence-electron chi connectivity index (χ0n) is 25.8. The number of fused-ring (bicyclic) bond motifs is 7. The van der Waals surface area contributed by atoms with Gasteiger partial charge >= 0.3 is 0 Å². The molecule has 7 heteroatoms. The predicted molar refractivity (Wildman–Crippen MR) is 177 cm³/mol. The minimum absolute atomic E-state index is 0. The third-order valence-electron chi connectivity index (χ3n) is 7.85. The smallest absolute Gasteiger partial charge is 0.164 e. The van der Waals surface area contributed by atoms with E-state index >= 15 is 0 Å². The zero-order chi connectivity index (χ0) is 31.6. The Bertz CT molecular complexity index is 2180. The van der Waals surface area contributed by atoms with E-state index in [2.05, 4.69) is 30.3 Å². The van der Waals surface area contributed by atoms with Crippen molar-refractivity contribution in [2.24, 2.45) is 10.8 Å². The number of halogens is 2. The van der Waals surface area contributed by atoms with Crippen LogP contribution >= 0.6 is 11.8 Å². The molecule has 1 aliphatic rings. The van der Waals surface area contributed by atoms with Crippen LogP contribution in [0, 0.1) is 28.5 Å². The average molecular weight is 797 g/mol. The van der Waals surface area contributed by atoms with Gasteiger partial charge in [-0.05, 0) is 61.5 Å². The molecule has 0 saturated carbocycles. The first-order chi connectivity index (χ1) is 20.7. The summed E-state index contributed by atoms with van der Waals surface area (Å²) in [6.07, 6.45) is 3.15. The van der Waals surface area contributed by atoms with Crippen LogP contribution in [0.3, 0.4) is 0 Å². The summed E-state index contributed by atoms with van der Waals surface area (Å²) in [6.45, 7) is 11.1. The number of aromatic nitrogens is 1. The number of hydrogen-bond donors (Lipinski definition) is 1. The topological polar surface area (TPSA) is 50.2 Å². The molecule has 5 aromatic carbocycles. The minimum atomic E-state index is -0.830. The third-order valence-corrected chi connectivity index (χ3v) is 8.93. The average Bonchev–Trinajstić information content (AvgIpc) is 2.96. The van der Waals surface area contributed by atoms with Crippen molar-refractivity contribution in [1.29, 1.82) is 0 Å². The molecule has 2 heterocycles. The number of rotatable bonds is 1. The number of ketones is 1. The van der Waals surface area contributed by atoms with E-state index in [0.29, 0.717) is 10.8 Å². The van der Waals surface area contributed by atoms with E-state index in [-0.39, 0.29) is 37.1 Å². The number of aliphatic hydroxyl groups is 1. The van der Waals surface area contributed by atoms with Gasteiger partial charge in [0.05, 0.1) is 0 Å². The molecule has 45 heavy (non-hydrogen) atoms. The number of allylic oxidation sites excluding steroid dienone is 2. The Hall–Kier alpha value is -3.64.